The Morgan fingerprint density at radius 1 is 1.20 bits per heavy atom. The van der Waals surface area contributed by atoms with E-state index >= 15 is 0 Å². The maximum absolute atomic E-state index is 12.2. The van der Waals surface area contributed by atoms with Crippen molar-refractivity contribution in [1.29, 1.82) is 0 Å². The van der Waals surface area contributed by atoms with Gasteiger partial charge in [-0.1, -0.05) is 56.4 Å². The first-order chi connectivity index (χ1) is 11.7. The molecule has 1 aromatic heterocycles. The number of benzene rings is 1. The summed E-state index contributed by atoms with van der Waals surface area (Å²) < 4.78 is 0. The van der Waals surface area contributed by atoms with Gasteiger partial charge in [-0.25, -0.2) is 0 Å². The second-order valence-electron chi connectivity index (χ2n) is 6.88. The van der Waals surface area contributed by atoms with Crippen LogP contribution in [0, 0.1) is 5.92 Å². The molecule has 1 amide bonds. The van der Waals surface area contributed by atoms with Crippen LogP contribution < -0.4 is 11.1 Å². The second-order valence-corrected chi connectivity index (χ2v) is 6.88. The van der Waals surface area contributed by atoms with Crippen molar-refractivity contribution < 1.29 is 4.79 Å². The molecule has 0 saturated heterocycles. The van der Waals surface area contributed by atoms with Gasteiger partial charge in [0.2, 0.25) is 5.91 Å². The molecule has 2 aromatic rings. The molecule has 136 valence electrons. The molecule has 25 heavy (non-hydrogen) atoms. The molecule has 5 heteroatoms. The van der Waals surface area contributed by atoms with Crippen molar-refractivity contribution >= 4 is 29.2 Å². The molecule has 1 aromatic carbocycles. The molecule has 1 saturated carbocycles. The van der Waals surface area contributed by atoms with Crippen LogP contribution >= 0.6 is 12.4 Å². The van der Waals surface area contributed by atoms with Crippen LogP contribution in [-0.2, 0) is 11.2 Å². The first-order valence-electron chi connectivity index (χ1n) is 9.10. The summed E-state index contributed by atoms with van der Waals surface area (Å²) in [7, 11) is 0. The predicted octanol–water partition coefficient (Wildman–Crippen LogP) is 3.61. The van der Waals surface area contributed by atoms with Crippen LogP contribution in [-0.4, -0.2) is 23.5 Å². The summed E-state index contributed by atoms with van der Waals surface area (Å²) >= 11 is 0. The molecule has 3 N–H and O–H groups in total. The lowest BCUT2D eigenvalue weighted by Gasteiger charge is -2.24. The number of fused-ring (bicyclic) bond motifs is 1. The lowest BCUT2D eigenvalue weighted by Crippen LogP contribution is -2.42. The number of halogens is 1. The molecule has 1 atom stereocenters. The summed E-state index contributed by atoms with van der Waals surface area (Å²) in [4.78, 5) is 16.7. The molecule has 1 heterocycles. The van der Waals surface area contributed by atoms with Crippen LogP contribution in [0.2, 0.25) is 0 Å². The number of carbonyl (C=O) groups excluding carboxylic acids is 1. The molecular weight excluding hydrogens is 334 g/mol. The summed E-state index contributed by atoms with van der Waals surface area (Å²) in [6.07, 6.45) is 9.75. The van der Waals surface area contributed by atoms with Crippen LogP contribution in [0.4, 0.5) is 0 Å². The van der Waals surface area contributed by atoms with E-state index in [1.165, 1.54) is 32.1 Å². The molecule has 1 fully saturated rings. The minimum atomic E-state index is -0.376. The van der Waals surface area contributed by atoms with E-state index in [9.17, 15) is 4.79 Å². The standard InChI is InChI=1S/C20H27N3O.ClH/c21-18(14-15-6-2-1-3-7-15)20(24)23-13-11-17-9-4-8-16-10-5-12-22-19(16)17;/h4-5,8-10,12,15,18H,1-3,6-7,11,13-14,21H2,(H,23,24);1H. The highest BCUT2D eigenvalue weighted by molar-refractivity contribution is 5.85. The number of amides is 1. The highest BCUT2D eigenvalue weighted by Gasteiger charge is 2.20. The zero-order valence-corrected chi connectivity index (χ0v) is 15.4. The summed E-state index contributed by atoms with van der Waals surface area (Å²) in [5.74, 6) is 0.607. The Morgan fingerprint density at radius 3 is 2.76 bits per heavy atom. The van der Waals surface area contributed by atoms with E-state index in [4.69, 9.17) is 5.73 Å². The maximum atomic E-state index is 12.2. The molecule has 4 nitrogen and oxygen atoms in total. The van der Waals surface area contributed by atoms with Gasteiger partial charge in [-0.05, 0) is 30.4 Å². The van der Waals surface area contributed by atoms with E-state index in [0.29, 0.717) is 12.5 Å². The number of rotatable bonds is 6. The summed E-state index contributed by atoms with van der Waals surface area (Å²) in [6.45, 7) is 0.604. The van der Waals surface area contributed by atoms with Crippen LogP contribution in [0.25, 0.3) is 10.9 Å². The molecule has 0 spiro atoms. The van der Waals surface area contributed by atoms with Gasteiger partial charge in [-0.2, -0.15) is 0 Å². The Bertz CT molecular complexity index is 680. The van der Waals surface area contributed by atoms with Gasteiger partial charge in [0.1, 0.15) is 0 Å². The van der Waals surface area contributed by atoms with Gasteiger partial charge in [0.25, 0.3) is 0 Å². The maximum Gasteiger partial charge on any atom is 0.236 e. The number of hydrogen-bond donors (Lipinski definition) is 2. The highest BCUT2D eigenvalue weighted by atomic mass is 35.5. The monoisotopic (exact) mass is 361 g/mol. The minimum Gasteiger partial charge on any atom is -0.354 e. The molecule has 1 aliphatic rings. The van der Waals surface area contributed by atoms with Crippen LogP contribution in [0.3, 0.4) is 0 Å². The third-order valence-electron chi connectivity index (χ3n) is 5.06. The van der Waals surface area contributed by atoms with Gasteiger partial charge in [-0.3, -0.25) is 9.78 Å². The van der Waals surface area contributed by atoms with Crippen molar-refractivity contribution in [2.24, 2.45) is 11.7 Å². The average molecular weight is 362 g/mol. The Labute approximate surface area is 156 Å². The van der Waals surface area contributed by atoms with Crippen LogP contribution in [0.1, 0.15) is 44.1 Å². The van der Waals surface area contributed by atoms with Crippen LogP contribution in [0.5, 0.6) is 0 Å². The van der Waals surface area contributed by atoms with Gasteiger partial charge >= 0.3 is 0 Å². The predicted molar refractivity (Wildman–Crippen MR) is 105 cm³/mol. The van der Waals surface area contributed by atoms with E-state index < -0.39 is 0 Å². The number of nitrogens with zero attached hydrogens (tertiary/aromatic N) is 1. The van der Waals surface area contributed by atoms with Crippen molar-refractivity contribution in [3.05, 3.63) is 42.1 Å². The van der Waals surface area contributed by atoms with Gasteiger partial charge in [0, 0.05) is 18.1 Å². The normalized spacial score (nSPS) is 16.2. The second kappa shape index (κ2) is 9.73. The fraction of sp³-hybridized carbons (Fsp3) is 0.500. The summed E-state index contributed by atoms with van der Waals surface area (Å²) in [5, 5.41) is 4.13. The third kappa shape index (κ3) is 5.41. The zero-order valence-electron chi connectivity index (χ0n) is 14.6. The zero-order chi connectivity index (χ0) is 16.8. The first kappa shape index (κ1) is 19.7. The van der Waals surface area contributed by atoms with Gasteiger partial charge in [-0.15, -0.1) is 12.4 Å². The highest BCUT2D eigenvalue weighted by Crippen LogP contribution is 2.26. The lowest BCUT2D eigenvalue weighted by atomic mass is 9.85. The van der Waals surface area contributed by atoms with Gasteiger partial charge < -0.3 is 11.1 Å². The van der Waals surface area contributed by atoms with Gasteiger partial charge in [0.15, 0.2) is 0 Å². The number of carbonyl (C=O) groups is 1. The molecule has 1 aliphatic carbocycles. The molecular formula is C20H28ClN3O. The molecule has 1 unspecified atom stereocenters. The lowest BCUT2D eigenvalue weighted by molar-refractivity contribution is -0.122. The number of nitrogens with two attached hydrogens (primary N) is 1. The van der Waals surface area contributed by atoms with Crippen molar-refractivity contribution in [3.63, 3.8) is 0 Å². The average Bonchev–Trinajstić information content (AvgIpc) is 2.62. The first-order valence-corrected chi connectivity index (χ1v) is 9.10. The Hall–Kier alpha value is -1.65. The third-order valence-corrected chi connectivity index (χ3v) is 5.06. The molecule has 0 aliphatic heterocycles. The van der Waals surface area contributed by atoms with Crippen molar-refractivity contribution in [1.82, 2.24) is 10.3 Å². The fourth-order valence-corrected chi connectivity index (χ4v) is 3.71. The minimum absolute atomic E-state index is 0. The van der Waals surface area contributed by atoms with Crippen molar-refractivity contribution in [2.45, 2.75) is 51.0 Å². The Balaban J connectivity index is 0.00000225. The molecule has 0 bridgehead atoms. The fourth-order valence-electron chi connectivity index (χ4n) is 3.71. The topological polar surface area (TPSA) is 68.0 Å². The number of hydrogen-bond acceptors (Lipinski definition) is 3. The smallest absolute Gasteiger partial charge is 0.236 e. The van der Waals surface area contributed by atoms with E-state index in [1.54, 1.807) is 0 Å². The van der Waals surface area contributed by atoms with Gasteiger partial charge in [0.05, 0.1) is 11.6 Å². The Kier molecular flexibility index (Phi) is 7.66. The molecule has 3 rings (SSSR count). The SMILES string of the molecule is Cl.NC(CC1CCCCC1)C(=O)NCCc1cccc2cccnc12. The number of aromatic nitrogens is 1. The number of nitrogens with one attached hydrogen (secondary N) is 1. The number of pyridine rings is 1. The van der Waals surface area contributed by atoms with E-state index in [0.717, 1.165) is 29.3 Å². The number of para-hydroxylation sites is 1. The largest absolute Gasteiger partial charge is 0.354 e. The van der Waals surface area contributed by atoms with E-state index in [1.807, 2.05) is 18.3 Å². The quantitative estimate of drug-likeness (QED) is 0.825. The van der Waals surface area contributed by atoms with Crippen molar-refractivity contribution in [3.8, 4) is 0 Å². The van der Waals surface area contributed by atoms with Crippen LogP contribution in [0.15, 0.2) is 36.5 Å². The molecule has 0 radical (unpaired) electrons. The van der Waals surface area contributed by atoms with E-state index in [-0.39, 0.29) is 24.4 Å². The summed E-state index contributed by atoms with van der Waals surface area (Å²) in [6, 6.07) is 9.80. The van der Waals surface area contributed by atoms with E-state index in [2.05, 4.69) is 28.5 Å². The summed E-state index contributed by atoms with van der Waals surface area (Å²) in [5.41, 5.74) is 8.27. The Morgan fingerprint density at radius 2 is 1.96 bits per heavy atom. The van der Waals surface area contributed by atoms with Crippen molar-refractivity contribution in [2.75, 3.05) is 6.54 Å².